The van der Waals surface area contributed by atoms with Crippen molar-refractivity contribution < 1.29 is 5.11 Å². The Kier molecular flexibility index (Phi) is 3.16. The highest BCUT2D eigenvalue weighted by Crippen LogP contribution is 2.21. The molecule has 1 aliphatic heterocycles. The second-order valence-corrected chi connectivity index (χ2v) is 5.25. The average Bonchev–Trinajstić information content (AvgIpc) is 2.94. The van der Waals surface area contributed by atoms with Gasteiger partial charge in [-0.3, -0.25) is 4.90 Å². The number of likely N-dealkylation sites (tertiary alicyclic amines) is 1. The van der Waals surface area contributed by atoms with Crippen LogP contribution in [-0.2, 0) is 13.6 Å². The summed E-state index contributed by atoms with van der Waals surface area (Å²) < 4.78 is 2.05. The van der Waals surface area contributed by atoms with Crippen LogP contribution in [0.5, 0.6) is 0 Å². The van der Waals surface area contributed by atoms with Crippen molar-refractivity contribution in [1.29, 1.82) is 0 Å². The molecule has 0 saturated carbocycles. The number of nitrogens with one attached hydrogen (secondary N) is 1. The summed E-state index contributed by atoms with van der Waals surface area (Å²) in [6.07, 6.45) is 0.727. The first kappa shape index (κ1) is 12.4. The zero-order chi connectivity index (χ0) is 13.4. The zero-order valence-electron chi connectivity index (χ0n) is 11.4. The van der Waals surface area contributed by atoms with E-state index in [1.165, 1.54) is 5.56 Å². The minimum Gasteiger partial charge on any atom is -0.392 e. The number of rotatable bonds is 3. The van der Waals surface area contributed by atoms with E-state index in [4.69, 9.17) is 0 Å². The van der Waals surface area contributed by atoms with E-state index in [9.17, 15) is 5.11 Å². The first-order chi connectivity index (χ1) is 9.17. The van der Waals surface area contributed by atoms with E-state index in [0.717, 1.165) is 43.0 Å². The maximum atomic E-state index is 9.56. The summed E-state index contributed by atoms with van der Waals surface area (Å²) in [5.74, 6) is 0.878. The Balaban J connectivity index is 1.85. The minimum absolute atomic E-state index is 0.158. The number of benzene rings is 1. The van der Waals surface area contributed by atoms with E-state index in [1.807, 2.05) is 14.1 Å². The van der Waals surface area contributed by atoms with Gasteiger partial charge in [0.2, 0.25) is 5.95 Å². The molecule has 1 aliphatic rings. The molecule has 5 nitrogen and oxygen atoms in total. The standard InChI is InChI=1S/C14H20N4O/c1-15-14-16-12-7-10(3-4-13(12)17(14)2)8-18-6-5-11(19)9-18/h3-4,7,11,19H,5-6,8-9H2,1-2H3,(H,15,16). The van der Waals surface area contributed by atoms with Gasteiger partial charge in [0.1, 0.15) is 0 Å². The molecule has 0 aliphatic carbocycles. The molecule has 1 atom stereocenters. The highest BCUT2D eigenvalue weighted by Gasteiger charge is 2.20. The van der Waals surface area contributed by atoms with Crippen molar-refractivity contribution >= 4 is 17.0 Å². The zero-order valence-corrected chi connectivity index (χ0v) is 11.4. The molecule has 19 heavy (non-hydrogen) atoms. The van der Waals surface area contributed by atoms with Crippen LogP contribution in [0.2, 0.25) is 0 Å². The third-order valence-corrected chi connectivity index (χ3v) is 3.82. The molecular weight excluding hydrogens is 240 g/mol. The molecule has 2 heterocycles. The molecule has 1 fully saturated rings. The molecular formula is C14H20N4O. The highest BCUT2D eigenvalue weighted by atomic mass is 16.3. The van der Waals surface area contributed by atoms with Gasteiger partial charge in [-0.2, -0.15) is 0 Å². The summed E-state index contributed by atoms with van der Waals surface area (Å²) in [5.41, 5.74) is 3.40. The van der Waals surface area contributed by atoms with Crippen molar-refractivity contribution in [3.8, 4) is 0 Å². The molecule has 2 N–H and O–H groups in total. The Labute approximate surface area is 112 Å². The van der Waals surface area contributed by atoms with Crippen molar-refractivity contribution in [2.24, 2.45) is 7.05 Å². The highest BCUT2D eigenvalue weighted by molar-refractivity contribution is 5.79. The van der Waals surface area contributed by atoms with Gasteiger partial charge in [0.05, 0.1) is 17.1 Å². The number of aryl methyl sites for hydroxylation is 1. The van der Waals surface area contributed by atoms with Gasteiger partial charge in [0.15, 0.2) is 0 Å². The summed E-state index contributed by atoms with van der Waals surface area (Å²) in [4.78, 5) is 6.85. The van der Waals surface area contributed by atoms with Crippen LogP contribution in [0.4, 0.5) is 5.95 Å². The van der Waals surface area contributed by atoms with Crippen LogP contribution in [-0.4, -0.2) is 45.8 Å². The second-order valence-electron chi connectivity index (χ2n) is 5.25. The summed E-state index contributed by atoms with van der Waals surface area (Å²) >= 11 is 0. The number of hydrogen-bond donors (Lipinski definition) is 2. The normalized spacial score (nSPS) is 20.3. The average molecular weight is 260 g/mol. The minimum atomic E-state index is -0.158. The van der Waals surface area contributed by atoms with Crippen LogP contribution in [0.15, 0.2) is 18.2 Å². The van der Waals surface area contributed by atoms with Gasteiger partial charge in [0.25, 0.3) is 0 Å². The molecule has 1 saturated heterocycles. The first-order valence-corrected chi connectivity index (χ1v) is 6.71. The molecule has 0 spiro atoms. The lowest BCUT2D eigenvalue weighted by molar-refractivity contribution is 0.175. The largest absolute Gasteiger partial charge is 0.392 e. The molecule has 0 amide bonds. The molecule has 5 heteroatoms. The molecule has 3 rings (SSSR count). The van der Waals surface area contributed by atoms with E-state index < -0.39 is 0 Å². The van der Waals surface area contributed by atoms with Crippen molar-refractivity contribution in [3.63, 3.8) is 0 Å². The number of aliphatic hydroxyl groups excluding tert-OH is 1. The van der Waals surface area contributed by atoms with Crippen molar-refractivity contribution in [2.75, 3.05) is 25.5 Å². The van der Waals surface area contributed by atoms with Crippen molar-refractivity contribution in [1.82, 2.24) is 14.5 Å². The smallest absolute Gasteiger partial charge is 0.203 e. The number of imidazole rings is 1. The van der Waals surface area contributed by atoms with E-state index in [0.29, 0.717) is 0 Å². The maximum absolute atomic E-state index is 9.56. The van der Waals surface area contributed by atoms with Crippen molar-refractivity contribution in [2.45, 2.75) is 19.1 Å². The number of aromatic nitrogens is 2. The number of hydrogen-bond acceptors (Lipinski definition) is 4. The van der Waals surface area contributed by atoms with Gasteiger partial charge >= 0.3 is 0 Å². The Hall–Kier alpha value is -1.59. The van der Waals surface area contributed by atoms with Crippen LogP contribution >= 0.6 is 0 Å². The lowest BCUT2D eigenvalue weighted by Gasteiger charge is -2.14. The van der Waals surface area contributed by atoms with E-state index in [2.05, 4.69) is 38.0 Å². The third-order valence-electron chi connectivity index (χ3n) is 3.82. The fraction of sp³-hybridized carbons (Fsp3) is 0.500. The van der Waals surface area contributed by atoms with Crippen LogP contribution in [0.25, 0.3) is 11.0 Å². The summed E-state index contributed by atoms with van der Waals surface area (Å²) in [7, 11) is 3.89. The van der Waals surface area contributed by atoms with E-state index >= 15 is 0 Å². The van der Waals surface area contributed by atoms with Crippen LogP contribution < -0.4 is 5.32 Å². The summed E-state index contributed by atoms with van der Waals surface area (Å²) in [6, 6.07) is 6.40. The predicted molar refractivity (Wildman–Crippen MR) is 76.2 cm³/mol. The Bertz CT molecular complexity index is 592. The van der Waals surface area contributed by atoms with Crippen LogP contribution in [0.1, 0.15) is 12.0 Å². The molecule has 1 unspecified atom stereocenters. The fourth-order valence-corrected chi connectivity index (χ4v) is 2.78. The van der Waals surface area contributed by atoms with E-state index in [-0.39, 0.29) is 6.10 Å². The number of anilines is 1. The van der Waals surface area contributed by atoms with Crippen molar-refractivity contribution in [3.05, 3.63) is 23.8 Å². The van der Waals surface area contributed by atoms with Gasteiger partial charge in [-0.25, -0.2) is 4.98 Å². The predicted octanol–water partition coefficient (Wildman–Crippen LogP) is 1.18. The quantitative estimate of drug-likeness (QED) is 0.870. The lowest BCUT2D eigenvalue weighted by atomic mass is 10.2. The number of aliphatic hydroxyl groups is 1. The number of nitrogens with zero attached hydrogens (tertiary/aromatic N) is 3. The SMILES string of the molecule is CNc1nc2cc(CN3CCC(O)C3)ccc2n1C. The fourth-order valence-electron chi connectivity index (χ4n) is 2.78. The number of fused-ring (bicyclic) bond motifs is 1. The van der Waals surface area contributed by atoms with Gasteiger partial charge in [-0.15, -0.1) is 0 Å². The Morgan fingerprint density at radius 2 is 2.32 bits per heavy atom. The van der Waals surface area contributed by atoms with Gasteiger partial charge < -0.3 is 15.0 Å². The molecule has 2 aromatic rings. The molecule has 0 radical (unpaired) electrons. The topological polar surface area (TPSA) is 53.3 Å². The van der Waals surface area contributed by atoms with Gasteiger partial charge in [0, 0.05) is 33.7 Å². The van der Waals surface area contributed by atoms with Crippen LogP contribution in [0, 0.1) is 0 Å². The molecule has 1 aromatic heterocycles. The van der Waals surface area contributed by atoms with E-state index in [1.54, 1.807) is 0 Å². The monoisotopic (exact) mass is 260 g/mol. The first-order valence-electron chi connectivity index (χ1n) is 6.71. The summed E-state index contributed by atoms with van der Waals surface area (Å²) in [6.45, 7) is 2.64. The molecule has 1 aromatic carbocycles. The third kappa shape index (κ3) is 2.31. The molecule has 0 bridgehead atoms. The second kappa shape index (κ2) is 4.83. The van der Waals surface area contributed by atoms with Crippen LogP contribution in [0.3, 0.4) is 0 Å². The Morgan fingerprint density at radius 3 is 3.00 bits per heavy atom. The molecule has 102 valence electrons. The van der Waals surface area contributed by atoms with Gasteiger partial charge in [-0.1, -0.05) is 6.07 Å². The van der Waals surface area contributed by atoms with Gasteiger partial charge in [-0.05, 0) is 24.1 Å². The maximum Gasteiger partial charge on any atom is 0.203 e. The lowest BCUT2D eigenvalue weighted by Crippen LogP contribution is -2.21. The number of β-amino-alcohol motifs (C(OH)–C–C–N with tert-alkyl or cyclic N) is 1. The summed E-state index contributed by atoms with van der Waals surface area (Å²) in [5, 5.41) is 12.6. The Morgan fingerprint density at radius 1 is 1.47 bits per heavy atom.